The van der Waals surface area contributed by atoms with Crippen LogP contribution in [0.4, 0.5) is 5.69 Å². The van der Waals surface area contributed by atoms with Crippen LogP contribution in [0, 0.1) is 0 Å². The van der Waals surface area contributed by atoms with Gasteiger partial charge in [0.25, 0.3) is 11.8 Å². The summed E-state index contributed by atoms with van der Waals surface area (Å²) < 4.78 is 11.2. The van der Waals surface area contributed by atoms with E-state index in [4.69, 9.17) is 44.3 Å². The molecule has 0 unspecified atom stereocenters. The number of carbonyl (C=O) groups is 3. The Labute approximate surface area is 214 Å². The molecule has 0 saturated heterocycles. The van der Waals surface area contributed by atoms with Gasteiger partial charge in [-0.05, 0) is 60.7 Å². The number of halogens is 3. The van der Waals surface area contributed by atoms with Crippen molar-refractivity contribution in [1.29, 1.82) is 0 Å². The van der Waals surface area contributed by atoms with Crippen molar-refractivity contribution in [1.82, 2.24) is 5.32 Å². The van der Waals surface area contributed by atoms with Gasteiger partial charge in [-0.2, -0.15) is 4.99 Å². The molecule has 34 heavy (non-hydrogen) atoms. The van der Waals surface area contributed by atoms with E-state index in [1.165, 1.54) is 13.0 Å². The number of rotatable bonds is 7. The summed E-state index contributed by atoms with van der Waals surface area (Å²) in [4.78, 5) is 39.7. The van der Waals surface area contributed by atoms with Crippen LogP contribution in [-0.4, -0.2) is 36.1 Å². The Bertz CT molecular complexity index is 1220. The Kier molecular flexibility index (Phi) is 8.84. The average molecular weight is 543 g/mol. The van der Waals surface area contributed by atoms with E-state index in [2.05, 4.69) is 15.6 Å². The van der Waals surface area contributed by atoms with E-state index < -0.39 is 11.8 Å². The van der Waals surface area contributed by atoms with Gasteiger partial charge in [0.15, 0.2) is 23.3 Å². The third-order valence-electron chi connectivity index (χ3n) is 4.08. The van der Waals surface area contributed by atoms with Crippen LogP contribution in [0.15, 0.2) is 40.2 Å². The Morgan fingerprint density at radius 2 is 1.82 bits per heavy atom. The lowest BCUT2D eigenvalue weighted by atomic mass is 10.2. The van der Waals surface area contributed by atoms with Crippen LogP contribution < -0.4 is 20.1 Å². The molecule has 2 N–H and O–H groups in total. The minimum absolute atomic E-state index is 0.176. The molecule has 1 aliphatic rings. The van der Waals surface area contributed by atoms with Crippen LogP contribution in [0.5, 0.6) is 11.5 Å². The summed E-state index contributed by atoms with van der Waals surface area (Å²) >= 11 is 19.3. The number of aliphatic imine (C=N–C) groups is 1. The molecule has 0 radical (unpaired) electrons. The molecular weight excluding hydrogens is 525 g/mol. The zero-order valence-electron chi connectivity index (χ0n) is 17.9. The summed E-state index contributed by atoms with van der Waals surface area (Å²) in [6.07, 6.45) is 1.57. The monoisotopic (exact) mass is 541 g/mol. The Morgan fingerprint density at radius 1 is 1.06 bits per heavy atom. The summed E-state index contributed by atoms with van der Waals surface area (Å²) in [5.41, 5.74) is 1.01. The molecule has 1 aliphatic heterocycles. The maximum Gasteiger partial charge on any atom is 0.286 e. The van der Waals surface area contributed by atoms with E-state index in [-0.39, 0.29) is 28.5 Å². The quantitative estimate of drug-likeness (QED) is 0.468. The number of hydrogen-bond acceptors (Lipinski definition) is 6. The minimum atomic E-state index is -0.484. The fraction of sp³-hybridized carbons (Fsp3) is 0.182. The van der Waals surface area contributed by atoms with E-state index in [1.54, 1.807) is 37.3 Å². The standard InChI is InChI=1S/C22H18Cl3N3O5S/c1-3-32-17-7-12(8-18-21(31)28-22(34-18)26-11(2)29)6-16(25)20(17)33-10-19(30)27-13-4-5-14(23)15(24)9-13/h4-9H,3,10H2,1-2H3,(H,27,30)(H,26,28,29,31)/b18-8+. The number of benzene rings is 2. The SMILES string of the molecule is CCOc1cc(/C=C2/SC(NC(C)=O)=NC2=O)cc(Cl)c1OCC(=O)Nc1ccc(Cl)c(Cl)c1. The first-order valence-corrected chi connectivity index (χ1v) is 11.8. The lowest BCUT2D eigenvalue weighted by Crippen LogP contribution is -2.23. The molecule has 0 bridgehead atoms. The lowest BCUT2D eigenvalue weighted by Gasteiger charge is -2.15. The topological polar surface area (TPSA) is 106 Å². The number of amidine groups is 1. The number of hydrogen-bond donors (Lipinski definition) is 2. The summed E-state index contributed by atoms with van der Waals surface area (Å²) in [7, 11) is 0. The van der Waals surface area contributed by atoms with Crippen molar-refractivity contribution in [2.24, 2.45) is 4.99 Å². The Balaban J connectivity index is 1.73. The van der Waals surface area contributed by atoms with Gasteiger partial charge in [-0.3, -0.25) is 14.4 Å². The maximum atomic E-state index is 12.3. The summed E-state index contributed by atoms with van der Waals surface area (Å²) in [5.74, 6) is -0.786. The van der Waals surface area contributed by atoms with Gasteiger partial charge in [-0.1, -0.05) is 34.8 Å². The van der Waals surface area contributed by atoms with E-state index in [0.29, 0.717) is 38.6 Å². The number of nitrogens with one attached hydrogen (secondary N) is 2. The molecule has 3 amide bonds. The van der Waals surface area contributed by atoms with Crippen LogP contribution >= 0.6 is 46.6 Å². The minimum Gasteiger partial charge on any atom is -0.490 e. The fourth-order valence-electron chi connectivity index (χ4n) is 2.75. The fourth-order valence-corrected chi connectivity index (χ4v) is 4.18. The zero-order valence-corrected chi connectivity index (χ0v) is 21.0. The summed E-state index contributed by atoms with van der Waals surface area (Å²) in [5, 5.41) is 6.19. The van der Waals surface area contributed by atoms with Gasteiger partial charge in [0.2, 0.25) is 5.91 Å². The van der Waals surface area contributed by atoms with Gasteiger partial charge in [0, 0.05) is 12.6 Å². The number of anilines is 1. The van der Waals surface area contributed by atoms with Crippen molar-refractivity contribution in [2.45, 2.75) is 13.8 Å². The van der Waals surface area contributed by atoms with Crippen LogP contribution in [0.25, 0.3) is 6.08 Å². The molecule has 0 fully saturated rings. The second-order valence-electron chi connectivity index (χ2n) is 6.74. The molecule has 0 aromatic heterocycles. The molecule has 2 aromatic carbocycles. The molecule has 8 nitrogen and oxygen atoms in total. The molecule has 0 aliphatic carbocycles. The highest BCUT2D eigenvalue weighted by Gasteiger charge is 2.23. The molecule has 12 heteroatoms. The van der Waals surface area contributed by atoms with Gasteiger partial charge in [0.1, 0.15) is 0 Å². The molecular formula is C22H18Cl3N3O5S. The second kappa shape index (κ2) is 11.6. The Hall–Kier alpha value is -2.72. The predicted molar refractivity (Wildman–Crippen MR) is 135 cm³/mol. The Morgan fingerprint density at radius 3 is 2.50 bits per heavy atom. The van der Waals surface area contributed by atoms with Crippen LogP contribution in [-0.2, 0) is 14.4 Å². The van der Waals surface area contributed by atoms with Crippen LogP contribution in [0.2, 0.25) is 15.1 Å². The summed E-state index contributed by atoms with van der Waals surface area (Å²) in [6, 6.07) is 7.88. The highest BCUT2D eigenvalue weighted by molar-refractivity contribution is 8.18. The van der Waals surface area contributed by atoms with Crippen molar-refractivity contribution in [3.63, 3.8) is 0 Å². The first kappa shape index (κ1) is 25.9. The van der Waals surface area contributed by atoms with Crippen molar-refractivity contribution in [3.8, 4) is 11.5 Å². The van der Waals surface area contributed by atoms with Crippen molar-refractivity contribution in [2.75, 3.05) is 18.5 Å². The van der Waals surface area contributed by atoms with Gasteiger partial charge < -0.3 is 20.1 Å². The molecule has 0 saturated carbocycles. The first-order valence-electron chi connectivity index (χ1n) is 9.80. The number of ether oxygens (including phenoxy) is 2. The van der Waals surface area contributed by atoms with Crippen LogP contribution in [0.3, 0.4) is 0 Å². The summed E-state index contributed by atoms with van der Waals surface area (Å²) in [6.45, 7) is 3.07. The smallest absolute Gasteiger partial charge is 0.286 e. The number of amides is 3. The lowest BCUT2D eigenvalue weighted by molar-refractivity contribution is -0.118. The van der Waals surface area contributed by atoms with Crippen LogP contribution in [0.1, 0.15) is 19.4 Å². The normalized spacial score (nSPS) is 14.1. The van der Waals surface area contributed by atoms with E-state index in [1.807, 2.05) is 0 Å². The van der Waals surface area contributed by atoms with E-state index in [9.17, 15) is 14.4 Å². The van der Waals surface area contributed by atoms with Gasteiger partial charge >= 0.3 is 0 Å². The van der Waals surface area contributed by atoms with Gasteiger partial charge in [-0.25, -0.2) is 0 Å². The zero-order chi connectivity index (χ0) is 24.8. The number of thioether (sulfide) groups is 1. The third kappa shape index (κ3) is 6.89. The highest BCUT2D eigenvalue weighted by Crippen LogP contribution is 2.38. The average Bonchev–Trinajstić information content (AvgIpc) is 3.08. The predicted octanol–water partition coefficient (Wildman–Crippen LogP) is 5.17. The largest absolute Gasteiger partial charge is 0.490 e. The molecule has 1 heterocycles. The van der Waals surface area contributed by atoms with Gasteiger partial charge in [0.05, 0.1) is 26.6 Å². The molecule has 0 spiro atoms. The molecule has 0 atom stereocenters. The molecule has 3 rings (SSSR count). The highest BCUT2D eigenvalue weighted by atomic mass is 35.5. The number of carbonyl (C=O) groups excluding carboxylic acids is 3. The maximum absolute atomic E-state index is 12.3. The first-order chi connectivity index (χ1) is 16.2. The number of nitrogens with zero attached hydrogens (tertiary/aromatic N) is 1. The van der Waals surface area contributed by atoms with Crippen molar-refractivity contribution < 1.29 is 23.9 Å². The van der Waals surface area contributed by atoms with E-state index in [0.717, 1.165) is 11.8 Å². The van der Waals surface area contributed by atoms with E-state index >= 15 is 0 Å². The third-order valence-corrected chi connectivity index (χ3v) is 6.00. The van der Waals surface area contributed by atoms with Crippen molar-refractivity contribution >= 4 is 81.2 Å². The second-order valence-corrected chi connectivity index (χ2v) is 8.99. The molecule has 2 aromatic rings. The van der Waals surface area contributed by atoms with Crippen molar-refractivity contribution in [3.05, 3.63) is 55.9 Å². The molecule has 178 valence electrons. The van der Waals surface area contributed by atoms with Gasteiger partial charge in [-0.15, -0.1) is 0 Å².